The minimum Gasteiger partial charge on any atom is -0.483 e. The van der Waals surface area contributed by atoms with Gasteiger partial charge in [0.25, 0.3) is 5.91 Å². The summed E-state index contributed by atoms with van der Waals surface area (Å²) in [6, 6.07) is 7.78. The van der Waals surface area contributed by atoms with Gasteiger partial charge >= 0.3 is 0 Å². The number of imidazole rings is 1. The Balaban J connectivity index is 1.45. The van der Waals surface area contributed by atoms with E-state index in [9.17, 15) is 4.79 Å². The number of carbonyl (C=O) groups is 1. The van der Waals surface area contributed by atoms with Gasteiger partial charge in [-0.15, -0.1) is 0 Å². The molecule has 0 N–H and O–H groups in total. The summed E-state index contributed by atoms with van der Waals surface area (Å²) in [4.78, 5) is 18.9. The summed E-state index contributed by atoms with van der Waals surface area (Å²) in [5, 5.41) is 4.23. The molecular formula is C22H27N5O2. The van der Waals surface area contributed by atoms with E-state index in [0.29, 0.717) is 5.75 Å². The second-order valence-electron chi connectivity index (χ2n) is 7.44. The lowest BCUT2D eigenvalue weighted by molar-refractivity contribution is -0.134. The van der Waals surface area contributed by atoms with Crippen molar-refractivity contribution in [3.8, 4) is 17.1 Å². The highest BCUT2D eigenvalue weighted by Gasteiger charge is 2.18. The fourth-order valence-electron chi connectivity index (χ4n) is 3.74. The molecule has 7 heteroatoms. The molecule has 0 aliphatic carbocycles. The number of hydrogen-bond acceptors (Lipinski definition) is 4. The monoisotopic (exact) mass is 393 g/mol. The summed E-state index contributed by atoms with van der Waals surface area (Å²) >= 11 is 0. The maximum atomic E-state index is 12.5. The zero-order valence-electron chi connectivity index (χ0n) is 16.8. The second-order valence-corrected chi connectivity index (χ2v) is 7.44. The van der Waals surface area contributed by atoms with E-state index in [1.54, 1.807) is 6.20 Å². The van der Waals surface area contributed by atoms with E-state index in [1.807, 2.05) is 59.5 Å². The molecule has 1 aromatic carbocycles. The van der Waals surface area contributed by atoms with Gasteiger partial charge in [0.15, 0.2) is 6.61 Å². The number of ether oxygens (including phenoxy) is 1. The van der Waals surface area contributed by atoms with Gasteiger partial charge in [-0.3, -0.25) is 9.48 Å². The predicted molar refractivity (Wildman–Crippen MR) is 111 cm³/mol. The number of piperidine rings is 1. The van der Waals surface area contributed by atoms with Crippen LogP contribution in [0.15, 0.2) is 49.1 Å². The molecule has 152 valence electrons. The number of para-hydroxylation sites is 1. The molecule has 7 nitrogen and oxygen atoms in total. The first-order valence-corrected chi connectivity index (χ1v) is 10.2. The van der Waals surface area contributed by atoms with E-state index in [4.69, 9.17) is 4.74 Å². The number of rotatable bonds is 7. The van der Waals surface area contributed by atoms with Crippen LogP contribution >= 0.6 is 0 Å². The molecule has 4 rings (SSSR count). The fraction of sp³-hybridized carbons (Fsp3) is 0.409. The first kappa shape index (κ1) is 19.2. The first-order valence-electron chi connectivity index (χ1n) is 10.2. The fourth-order valence-corrected chi connectivity index (χ4v) is 3.74. The number of nitrogens with zero attached hydrogens (tertiary/aromatic N) is 5. The zero-order valence-corrected chi connectivity index (χ0v) is 16.8. The Morgan fingerprint density at radius 1 is 1.17 bits per heavy atom. The topological polar surface area (TPSA) is 65.2 Å². The highest BCUT2D eigenvalue weighted by Crippen LogP contribution is 2.29. The minimum absolute atomic E-state index is 0.0550. The van der Waals surface area contributed by atoms with Crippen molar-refractivity contribution in [3.05, 3.63) is 54.6 Å². The summed E-state index contributed by atoms with van der Waals surface area (Å²) < 4.78 is 9.86. The molecule has 1 fully saturated rings. The SMILES string of the molecule is Cn1cc(CCn2ccnc2-c2ccccc2OCC(=O)N2CCCCC2)cn1. The molecule has 1 aliphatic heterocycles. The predicted octanol–water partition coefficient (Wildman–Crippen LogP) is 2.92. The van der Waals surface area contributed by atoms with Crippen molar-refractivity contribution >= 4 is 5.91 Å². The van der Waals surface area contributed by atoms with Gasteiger partial charge in [0, 0.05) is 45.3 Å². The van der Waals surface area contributed by atoms with Crippen molar-refractivity contribution in [3.63, 3.8) is 0 Å². The van der Waals surface area contributed by atoms with Crippen LogP contribution in [0.2, 0.25) is 0 Å². The molecule has 0 unspecified atom stereocenters. The Kier molecular flexibility index (Phi) is 5.93. The van der Waals surface area contributed by atoms with Crippen molar-refractivity contribution in [2.75, 3.05) is 19.7 Å². The lowest BCUT2D eigenvalue weighted by Crippen LogP contribution is -2.38. The lowest BCUT2D eigenvalue weighted by atomic mass is 10.1. The van der Waals surface area contributed by atoms with Crippen LogP contribution in [0.3, 0.4) is 0 Å². The average molecular weight is 393 g/mol. The maximum absolute atomic E-state index is 12.5. The molecule has 0 spiro atoms. The molecule has 0 radical (unpaired) electrons. The van der Waals surface area contributed by atoms with Gasteiger partial charge in [0.05, 0.1) is 11.8 Å². The molecule has 0 saturated carbocycles. The van der Waals surface area contributed by atoms with Crippen LogP contribution in [-0.4, -0.2) is 49.8 Å². The van der Waals surface area contributed by atoms with Gasteiger partial charge in [0.2, 0.25) is 0 Å². The van der Waals surface area contributed by atoms with Crippen molar-refractivity contribution in [1.82, 2.24) is 24.2 Å². The smallest absolute Gasteiger partial charge is 0.260 e. The molecular weight excluding hydrogens is 366 g/mol. The third-order valence-electron chi connectivity index (χ3n) is 5.30. The first-order chi connectivity index (χ1) is 14.2. The number of carbonyl (C=O) groups excluding carboxylic acids is 1. The van der Waals surface area contributed by atoms with Crippen molar-refractivity contribution in [2.24, 2.45) is 7.05 Å². The summed E-state index contributed by atoms with van der Waals surface area (Å²) in [7, 11) is 1.92. The summed E-state index contributed by atoms with van der Waals surface area (Å²) in [5.41, 5.74) is 2.08. The van der Waals surface area contributed by atoms with Gasteiger partial charge < -0.3 is 14.2 Å². The number of benzene rings is 1. The summed E-state index contributed by atoms with van der Waals surface area (Å²) in [6.07, 6.45) is 11.9. The maximum Gasteiger partial charge on any atom is 0.260 e. The molecule has 2 aromatic heterocycles. The number of likely N-dealkylation sites (tertiary alicyclic amines) is 1. The van der Waals surface area contributed by atoms with Crippen LogP contribution in [0.1, 0.15) is 24.8 Å². The van der Waals surface area contributed by atoms with Gasteiger partial charge in [0.1, 0.15) is 11.6 Å². The van der Waals surface area contributed by atoms with Crippen molar-refractivity contribution < 1.29 is 9.53 Å². The van der Waals surface area contributed by atoms with Crippen LogP contribution in [0.25, 0.3) is 11.4 Å². The normalized spacial score (nSPS) is 14.2. The van der Waals surface area contributed by atoms with Crippen LogP contribution in [0.5, 0.6) is 5.75 Å². The van der Waals surface area contributed by atoms with Gasteiger partial charge in [-0.25, -0.2) is 4.98 Å². The van der Waals surface area contributed by atoms with Crippen LogP contribution in [-0.2, 0) is 24.8 Å². The van der Waals surface area contributed by atoms with E-state index in [0.717, 1.165) is 50.3 Å². The van der Waals surface area contributed by atoms with Gasteiger partial charge in [-0.2, -0.15) is 5.10 Å². The van der Waals surface area contributed by atoms with Crippen molar-refractivity contribution in [1.29, 1.82) is 0 Å². The largest absolute Gasteiger partial charge is 0.483 e. The highest BCUT2D eigenvalue weighted by molar-refractivity contribution is 5.78. The molecule has 3 aromatic rings. The number of aryl methyl sites for hydroxylation is 3. The molecule has 0 atom stereocenters. The van der Waals surface area contributed by atoms with Crippen LogP contribution in [0, 0.1) is 0 Å². The Bertz CT molecular complexity index is 956. The van der Waals surface area contributed by atoms with E-state index < -0.39 is 0 Å². The zero-order chi connectivity index (χ0) is 20.1. The average Bonchev–Trinajstić information content (AvgIpc) is 3.40. The Morgan fingerprint density at radius 3 is 2.79 bits per heavy atom. The van der Waals surface area contributed by atoms with E-state index in [1.165, 1.54) is 12.0 Å². The molecule has 1 amide bonds. The highest BCUT2D eigenvalue weighted by atomic mass is 16.5. The lowest BCUT2D eigenvalue weighted by Gasteiger charge is -2.26. The molecule has 29 heavy (non-hydrogen) atoms. The minimum atomic E-state index is 0.0550. The number of amides is 1. The Morgan fingerprint density at radius 2 is 2.00 bits per heavy atom. The van der Waals surface area contributed by atoms with Crippen LogP contribution < -0.4 is 4.74 Å². The van der Waals surface area contributed by atoms with E-state index >= 15 is 0 Å². The second kappa shape index (κ2) is 8.94. The Labute approximate surface area is 170 Å². The van der Waals surface area contributed by atoms with Gasteiger partial charge in [-0.05, 0) is 43.4 Å². The molecule has 3 heterocycles. The molecule has 1 saturated heterocycles. The third-order valence-corrected chi connectivity index (χ3v) is 5.30. The summed E-state index contributed by atoms with van der Waals surface area (Å²) in [6.45, 7) is 2.53. The van der Waals surface area contributed by atoms with Crippen LogP contribution in [0.4, 0.5) is 0 Å². The number of hydrogen-bond donors (Lipinski definition) is 0. The van der Waals surface area contributed by atoms with E-state index in [-0.39, 0.29) is 12.5 Å². The number of aromatic nitrogens is 4. The third kappa shape index (κ3) is 4.67. The van der Waals surface area contributed by atoms with E-state index in [2.05, 4.69) is 14.6 Å². The van der Waals surface area contributed by atoms with Crippen molar-refractivity contribution in [2.45, 2.75) is 32.2 Å². The quantitative estimate of drug-likeness (QED) is 0.619. The summed E-state index contributed by atoms with van der Waals surface area (Å²) in [5.74, 6) is 1.58. The molecule has 1 aliphatic rings. The Hall–Kier alpha value is -3.09. The van der Waals surface area contributed by atoms with Gasteiger partial charge in [-0.1, -0.05) is 12.1 Å². The standard InChI is InChI=1S/C22H27N5O2/c1-25-16-18(15-24-25)9-13-27-14-10-23-22(27)19-7-3-4-8-20(19)29-17-21(28)26-11-5-2-6-12-26/h3-4,7-8,10,14-16H,2,5-6,9,11-13,17H2,1H3. The molecule has 0 bridgehead atoms.